The zero-order chi connectivity index (χ0) is 15.6. The SMILES string of the molecule is NC[C@H]1CCCCN1S(=O)(=O)c1cnn(C2CCOCC2)c1. The van der Waals surface area contributed by atoms with Gasteiger partial charge in [-0.15, -0.1) is 0 Å². The highest BCUT2D eigenvalue weighted by atomic mass is 32.2. The second-order valence-electron chi connectivity index (χ2n) is 6.00. The van der Waals surface area contributed by atoms with Crippen LogP contribution in [0.15, 0.2) is 17.3 Å². The number of aromatic nitrogens is 2. The van der Waals surface area contributed by atoms with Crippen molar-refractivity contribution >= 4 is 10.0 Å². The van der Waals surface area contributed by atoms with Crippen molar-refractivity contribution in [3.8, 4) is 0 Å². The van der Waals surface area contributed by atoms with Gasteiger partial charge in [-0.1, -0.05) is 6.42 Å². The fourth-order valence-corrected chi connectivity index (χ4v) is 4.91. The van der Waals surface area contributed by atoms with Crippen molar-refractivity contribution in [2.24, 2.45) is 5.73 Å². The molecule has 7 nitrogen and oxygen atoms in total. The third-order valence-corrected chi connectivity index (χ3v) is 6.50. The van der Waals surface area contributed by atoms with Gasteiger partial charge in [-0.3, -0.25) is 4.68 Å². The number of hydrogen-bond donors (Lipinski definition) is 1. The second kappa shape index (κ2) is 6.66. The largest absolute Gasteiger partial charge is 0.381 e. The van der Waals surface area contributed by atoms with Crippen molar-refractivity contribution in [2.75, 3.05) is 26.3 Å². The van der Waals surface area contributed by atoms with Crippen LogP contribution in [0.25, 0.3) is 0 Å². The molecule has 3 heterocycles. The van der Waals surface area contributed by atoms with Crippen molar-refractivity contribution in [1.82, 2.24) is 14.1 Å². The Morgan fingerprint density at radius 3 is 2.77 bits per heavy atom. The van der Waals surface area contributed by atoms with Gasteiger partial charge in [-0.05, 0) is 25.7 Å². The molecule has 0 amide bonds. The number of piperidine rings is 1. The summed E-state index contributed by atoms with van der Waals surface area (Å²) in [6.45, 7) is 2.32. The summed E-state index contributed by atoms with van der Waals surface area (Å²) in [4.78, 5) is 0.277. The van der Waals surface area contributed by atoms with Crippen molar-refractivity contribution in [1.29, 1.82) is 0 Å². The normalized spacial score (nSPS) is 25.4. The van der Waals surface area contributed by atoms with E-state index < -0.39 is 10.0 Å². The van der Waals surface area contributed by atoms with E-state index in [2.05, 4.69) is 5.10 Å². The summed E-state index contributed by atoms with van der Waals surface area (Å²) >= 11 is 0. The topological polar surface area (TPSA) is 90.5 Å². The molecular formula is C14H24N4O3S. The van der Waals surface area contributed by atoms with Gasteiger partial charge in [0, 0.05) is 38.5 Å². The minimum absolute atomic E-state index is 0.0924. The van der Waals surface area contributed by atoms with Gasteiger partial charge in [-0.2, -0.15) is 9.40 Å². The van der Waals surface area contributed by atoms with Crippen LogP contribution in [0.4, 0.5) is 0 Å². The molecule has 0 unspecified atom stereocenters. The zero-order valence-electron chi connectivity index (χ0n) is 12.7. The van der Waals surface area contributed by atoms with Crippen LogP contribution in [0, 0.1) is 0 Å². The van der Waals surface area contributed by atoms with Gasteiger partial charge in [0.25, 0.3) is 0 Å². The summed E-state index contributed by atoms with van der Waals surface area (Å²) < 4.78 is 34.4. The third kappa shape index (κ3) is 3.05. The van der Waals surface area contributed by atoms with Crippen LogP contribution in [-0.2, 0) is 14.8 Å². The number of sulfonamides is 1. The van der Waals surface area contributed by atoms with Crippen molar-refractivity contribution in [3.63, 3.8) is 0 Å². The molecule has 0 aliphatic carbocycles. The van der Waals surface area contributed by atoms with Crippen LogP contribution in [0.2, 0.25) is 0 Å². The van der Waals surface area contributed by atoms with Gasteiger partial charge in [0.1, 0.15) is 4.90 Å². The summed E-state index contributed by atoms with van der Waals surface area (Å²) in [5, 5.41) is 4.28. The predicted molar refractivity (Wildman–Crippen MR) is 81.9 cm³/mol. The molecule has 1 atom stereocenters. The Balaban J connectivity index is 1.81. The Morgan fingerprint density at radius 2 is 2.05 bits per heavy atom. The minimum atomic E-state index is -3.50. The maximum absolute atomic E-state index is 12.8. The second-order valence-corrected chi connectivity index (χ2v) is 7.89. The van der Waals surface area contributed by atoms with E-state index in [0.717, 1.165) is 32.1 Å². The summed E-state index contributed by atoms with van der Waals surface area (Å²) in [5.41, 5.74) is 5.75. The Bertz CT molecular complexity index is 595. The van der Waals surface area contributed by atoms with Gasteiger partial charge in [-0.25, -0.2) is 8.42 Å². The van der Waals surface area contributed by atoms with Crippen LogP contribution < -0.4 is 5.73 Å². The first kappa shape index (κ1) is 15.9. The Kier molecular flexibility index (Phi) is 4.82. The van der Waals surface area contributed by atoms with E-state index in [1.54, 1.807) is 15.2 Å². The van der Waals surface area contributed by atoms with E-state index in [1.807, 2.05) is 0 Å². The Morgan fingerprint density at radius 1 is 1.27 bits per heavy atom. The standard InChI is InChI=1S/C14H24N4O3S/c15-9-13-3-1-2-6-18(13)22(19,20)14-10-16-17(11-14)12-4-7-21-8-5-12/h10-13H,1-9,15H2/t13-/m1/s1. The van der Waals surface area contributed by atoms with Crippen LogP contribution in [0.5, 0.6) is 0 Å². The van der Waals surface area contributed by atoms with E-state index >= 15 is 0 Å². The molecule has 1 aromatic heterocycles. The highest BCUT2D eigenvalue weighted by molar-refractivity contribution is 7.89. The summed E-state index contributed by atoms with van der Waals surface area (Å²) in [6, 6.07) is 0.134. The maximum atomic E-state index is 12.8. The lowest BCUT2D eigenvalue weighted by Crippen LogP contribution is -2.47. The van der Waals surface area contributed by atoms with Crippen LogP contribution in [-0.4, -0.2) is 54.8 Å². The van der Waals surface area contributed by atoms with E-state index in [9.17, 15) is 8.42 Å². The Labute approximate surface area is 131 Å². The van der Waals surface area contributed by atoms with E-state index in [1.165, 1.54) is 6.20 Å². The maximum Gasteiger partial charge on any atom is 0.246 e. The first-order valence-corrected chi connectivity index (χ1v) is 9.41. The average Bonchev–Trinajstić information content (AvgIpc) is 3.06. The molecule has 2 fully saturated rings. The number of ether oxygens (including phenoxy) is 1. The molecule has 3 rings (SSSR count). The molecule has 2 aliphatic rings. The molecule has 0 radical (unpaired) electrons. The van der Waals surface area contributed by atoms with E-state index in [-0.39, 0.29) is 17.0 Å². The lowest BCUT2D eigenvalue weighted by Gasteiger charge is -2.33. The van der Waals surface area contributed by atoms with Crippen LogP contribution in [0.3, 0.4) is 0 Å². The number of nitrogens with two attached hydrogens (primary N) is 1. The summed E-state index contributed by atoms with van der Waals surface area (Å²) in [6.07, 6.45) is 7.63. The molecule has 2 N–H and O–H groups in total. The van der Waals surface area contributed by atoms with Crippen LogP contribution >= 0.6 is 0 Å². The molecule has 8 heteroatoms. The molecule has 0 saturated carbocycles. The predicted octanol–water partition coefficient (Wildman–Crippen LogP) is 0.736. The molecule has 1 aromatic rings. The fourth-order valence-electron chi connectivity index (χ4n) is 3.26. The molecule has 2 aliphatic heterocycles. The smallest absolute Gasteiger partial charge is 0.246 e. The molecule has 0 aromatic carbocycles. The number of hydrogen-bond acceptors (Lipinski definition) is 5. The average molecular weight is 328 g/mol. The highest BCUT2D eigenvalue weighted by Crippen LogP contribution is 2.26. The summed E-state index contributed by atoms with van der Waals surface area (Å²) in [7, 11) is -3.50. The molecule has 2 saturated heterocycles. The quantitative estimate of drug-likeness (QED) is 0.880. The highest BCUT2D eigenvalue weighted by Gasteiger charge is 2.34. The van der Waals surface area contributed by atoms with Crippen molar-refractivity contribution < 1.29 is 13.2 Å². The fraction of sp³-hybridized carbons (Fsp3) is 0.786. The van der Waals surface area contributed by atoms with Gasteiger partial charge in [0.2, 0.25) is 10.0 Å². The molecule has 124 valence electrons. The van der Waals surface area contributed by atoms with Gasteiger partial charge < -0.3 is 10.5 Å². The van der Waals surface area contributed by atoms with Gasteiger partial charge >= 0.3 is 0 Å². The first-order chi connectivity index (χ1) is 10.6. The van der Waals surface area contributed by atoms with Gasteiger partial charge in [0.15, 0.2) is 0 Å². The summed E-state index contributed by atoms with van der Waals surface area (Å²) in [5.74, 6) is 0. The van der Waals surface area contributed by atoms with Gasteiger partial charge in [0.05, 0.1) is 12.2 Å². The monoisotopic (exact) mass is 328 g/mol. The zero-order valence-corrected chi connectivity index (χ0v) is 13.5. The number of nitrogens with zero attached hydrogens (tertiary/aromatic N) is 3. The minimum Gasteiger partial charge on any atom is -0.381 e. The van der Waals surface area contributed by atoms with E-state index in [4.69, 9.17) is 10.5 Å². The number of rotatable bonds is 4. The lowest BCUT2D eigenvalue weighted by atomic mass is 10.1. The van der Waals surface area contributed by atoms with E-state index in [0.29, 0.717) is 26.3 Å². The lowest BCUT2D eigenvalue weighted by molar-refractivity contribution is 0.0662. The molecule has 22 heavy (non-hydrogen) atoms. The molecule has 0 spiro atoms. The first-order valence-electron chi connectivity index (χ1n) is 7.96. The molecular weight excluding hydrogens is 304 g/mol. The van der Waals surface area contributed by atoms with Crippen molar-refractivity contribution in [3.05, 3.63) is 12.4 Å². The van der Waals surface area contributed by atoms with Crippen LogP contribution in [0.1, 0.15) is 38.1 Å². The molecule has 0 bridgehead atoms. The van der Waals surface area contributed by atoms with Crippen molar-refractivity contribution in [2.45, 2.75) is 49.1 Å². The third-order valence-electron chi connectivity index (χ3n) is 4.59. The Hall–Kier alpha value is -0.960.